The zero-order valence-corrected chi connectivity index (χ0v) is 15.2. The summed E-state index contributed by atoms with van der Waals surface area (Å²) in [7, 11) is -3.59. The second-order valence-electron chi connectivity index (χ2n) is 7.12. The maximum absolute atomic E-state index is 12.7. The predicted molar refractivity (Wildman–Crippen MR) is 92.3 cm³/mol. The fourth-order valence-electron chi connectivity index (χ4n) is 2.14. The van der Waals surface area contributed by atoms with Crippen LogP contribution in [0.15, 0.2) is 41.4 Å². The van der Waals surface area contributed by atoms with Gasteiger partial charge >= 0.3 is 0 Å². The molecule has 0 aliphatic heterocycles. The van der Waals surface area contributed by atoms with Gasteiger partial charge in [0.25, 0.3) is 0 Å². The van der Waals surface area contributed by atoms with Crippen molar-refractivity contribution < 1.29 is 8.42 Å². The summed E-state index contributed by atoms with van der Waals surface area (Å²) in [5.74, 6) is 0.243. The first kappa shape index (κ1) is 17.7. The van der Waals surface area contributed by atoms with Gasteiger partial charge in [-0.3, -0.25) is 0 Å². The molecule has 1 aromatic heterocycles. The minimum Gasteiger partial charge on any atom is -0.239 e. The molecule has 1 heterocycles. The lowest BCUT2D eigenvalue weighted by Crippen LogP contribution is -2.29. The number of rotatable bonds is 5. The number of nitrogens with one attached hydrogen (secondary N) is 1. The van der Waals surface area contributed by atoms with E-state index in [1.165, 1.54) is 0 Å². The van der Waals surface area contributed by atoms with Crippen molar-refractivity contribution in [1.82, 2.24) is 14.5 Å². The Morgan fingerprint density at radius 1 is 1.17 bits per heavy atom. The van der Waals surface area contributed by atoms with Crippen LogP contribution in [0.4, 0.5) is 0 Å². The maximum atomic E-state index is 12.7. The molecule has 2 aromatic rings. The van der Waals surface area contributed by atoms with Gasteiger partial charge < -0.3 is 0 Å². The van der Waals surface area contributed by atoms with Crippen LogP contribution in [0.3, 0.4) is 0 Å². The molecule has 0 radical (unpaired) electrons. The SMILES string of the molecule is CC(C)CNS(=O)(=O)c1cn(-c2ccccc2)nc1C(C)(C)C. The highest BCUT2D eigenvalue weighted by molar-refractivity contribution is 7.89. The summed E-state index contributed by atoms with van der Waals surface area (Å²) in [6.07, 6.45) is 1.60. The van der Waals surface area contributed by atoms with Crippen LogP contribution >= 0.6 is 0 Å². The Balaban J connectivity index is 2.52. The van der Waals surface area contributed by atoms with Gasteiger partial charge in [-0.25, -0.2) is 17.8 Å². The Hall–Kier alpha value is -1.66. The van der Waals surface area contributed by atoms with Crippen LogP contribution in [0.5, 0.6) is 0 Å². The summed E-state index contributed by atoms with van der Waals surface area (Å²) in [6, 6.07) is 9.52. The van der Waals surface area contributed by atoms with Gasteiger partial charge in [-0.2, -0.15) is 5.10 Å². The third-order valence-corrected chi connectivity index (χ3v) is 4.81. The Morgan fingerprint density at radius 2 is 1.78 bits per heavy atom. The van der Waals surface area contributed by atoms with Crippen LogP contribution in [-0.4, -0.2) is 24.7 Å². The molecule has 23 heavy (non-hydrogen) atoms. The van der Waals surface area contributed by atoms with E-state index in [-0.39, 0.29) is 16.2 Å². The van der Waals surface area contributed by atoms with Crippen LogP contribution in [0.25, 0.3) is 5.69 Å². The van der Waals surface area contributed by atoms with Crippen molar-refractivity contribution in [2.24, 2.45) is 5.92 Å². The number of benzene rings is 1. The summed E-state index contributed by atoms with van der Waals surface area (Å²) < 4.78 is 29.7. The highest BCUT2D eigenvalue weighted by atomic mass is 32.2. The molecule has 2 rings (SSSR count). The fourth-order valence-corrected chi connectivity index (χ4v) is 3.69. The van der Waals surface area contributed by atoms with Crippen molar-refractivity contribution in [3.8, 4) is 5.69 Å². The minimum absolute atomic E-state index is 0.243. The summed E-state index contributed by atoms with van der Waals surface area (Å²) in [6.45, 7) is 10.2. The number of aromatic nitrogens is 2. The third-order valence-electron chi connectivity index (χ3n) is 3.38. The molecule has 0 atom stereocenters. The van der Waals surface area contributed by atoms with Gasteiger partial charge in [0, 0.05) is 12.0 Å². The van der Waals surface area contributed by atoms with E-state index in [4.69, 9.17) is 0 Å². The standard InChI is InChI=1S/C17H25N3O2S/c1-13(2)11-18-23(21,22)15-12-20(14-9-7-6-8-10-14)19-16(15)17(3,4)5/h6-10,12-13,18H,11H2,1-5H3. The average Bonchev–Trinajstić information content (AvgIpc) is 2.92. The van der Waals surface area contributed by atoms with Crippen molar-refractivity contribution in [3.63, 3.8) is 0 Å². The molecule has 0 saturated heterocycles. The second-order valence-corrected chi connectivity index (χ2v) is 8.85. The van der Waals surface area contributed by atoms with Gasteiger partial charge in [0.15, 0.2) is 0 Å². The largest absolute Gasteiger partial charge is 0.244 e. The Labute approximate surface area is 138 Å². The number of nitrogens with zero attached hydrogens (tertiary/aromatic N) is 2. The quantitative estimate of drug-likeness (QED) is 0.913. The summed E-state index contributed by atoms with van der Waals surface area (Å²) in [5, 5.41) is 4.54. The molecular weight excluding hydrogens is 310 g/mol. The maximum Gasteiger partial charge on any atom is 0.244 e. The van der Waals surface area contributed by atoms with Gasteiger partial charge in [-0.05, 0) is 18.1 Å². The van der Waals surface area contributed by atoms with Crippen molar-refractivity contribution in [2.45, 2.75) is 44.9 Å². The predicted octanol–water partition coefficient (Wildman–Crippen LogP) is 3.10. The van der Waals surface area contributed by atoms with Crippen molar-refractivity contribution in [1.29, 1.82) is 0 Å². The molecular formula is C17H25N3O2S. The third kappa shape index (κ3) is 4.20. The van der Waals surface area contributed by atoms with Crippen LogP contribution in [0.2, 0.25) is 0 Å². The smallest absolute Gasteiger partial charge is 0.239 e. The second kappa shape index (κ2) is 6.45. The highest BCUT2D eigenvalue weighted by Gasteiger charge is 2.30. The minimum atomic E-state index is -3.59. The van der Waals surface area contributed by atoms with E-state index >= 15 is 0 Å². The van der Waals surface area contributed by atoms with Crippen LogP contribution in [-0.2, 0) is 15.4 Å². The molecule has 0 amide bonds. The molecule has 1 N–H and O–H groups in total. The van der Waals surface area contributed by atoms with Gasteiger partial charge in [0.2, 0.25) is 10.0 Å². The monoisotopic (exact) mass is 335 g/mol. The van der Waals surface area contributed by atoms with Gasteiger partial charge in [0.1, 0.15) is 4.90 Å². The number of para-hydroxylation sites is 1. The molecule has 1 aromatic carbocycles. The Bertz CT molecular complexity index is 757. The topological polar surface area (TPSA) is 64.0 Å². The summed E-state index contributed by atoms with van der Waals surface area (Å²) >= 11 is 0. The molecule has 0 spiro atoms. The first-order valence-electron chi connectivity index (χ1n) is 7.76. The zero-order valence-electron chi connectivity index (χ0n) is 14.4. The van der Waals surface area contributed by atoms with E-state index in [0.29, 0.717) is 12.2 Å². The van der Waals surface area contributed by atoms with E-state index in [0.717, 1.165) is 5.69 Å². The molecule has 0 unspecified atom stereocenters. The molecule has 6 heteroatoms. The van der Waals surface area contributed by atoms with Gasteiger partial charge in [0.05, 0.1) is 17.6 Å². The number of hydrogen-bond acceptors (Lipinski definition) is 3. The summed E-state index contributed by atoms with van der Waals surface area (Å²) in [5.41, 5.74) is 1.03. The van der Waals surface area contributed by atoms with E-state index < -0.39 is 10.0 Å². The highest BCUT2D eigenvalue weighted by Crippen LogP contribution is 2.28. The fraction of sp³-hybridized carbons (Fsp3) is 0.471. The summed E-state index contributed by atoms with van der Waals surface area (Å²) in [4.78, 5) is 0.245. The molecule has 0 aliphatic carbocycles. The first-order valence-corrected chi connectivity index (χ1v) is 9.25. The Morgan fingerprint density at radius 3 is 2.30 bits per heavy atom. The van der Waals surface area contributed by atoms with E-state index in [1.54, 1.807) is 10.9 Å². The van der Waals surface area contributed by atoms with Crippen LogP contribution < -0.4 is 4.72 Å². The number of sulfonamides is 1. The normalized spacial score (nSPS) is 12.8. The zero-order chi connectivity index (χ0) is 17.3. The van der Waals surface area contributed by atoms with Crippen molar-refractivity contribution in [2.75, 3.05) is 6.54 Å². The van der Waals surface area contributed by atoms with E-state index in [9.17, 15) is 8.42 Å². The molecule has 0 fully saturated rings. The van der Waals surface area contributed by atoms with E-state index in [2.05, 4.69) is 9.82 Å². The molecule has 0 saturated carbocycles. The lowest BCUT2D eigenvalue weighted by Gasteiger charge is -2.18. The lowest BCUT2D eigenvalue weighted by molar-refractivity contribution is 0.534. The number of hydrogen-bond donors (Lipinski definition) is 1. The molecule has 0 aliphatic rings. The van der Waals surface area contributed by atoms with Crippen molar-refractivity contribution >= 4 is 10.0 Å². The van der Waals surface area contributed by atoms with Crippen LogP contribution in [0, 0.1) is 5.92 Å². The van der Waals surface area contributed by atoms with E-state index in [1.807, 2.05) is 65.0 Å². The Kier molecular flexibility index (Phi) is 4.96. The van der Waals surface area contributed by atoms with Gasteiger partial charge in [-0.1, -0.05) is 52.8 Å². The molecule has 0 bridgehead atoms. The molecule has 5 nitrogen and oxygen atoms in total. The first-order chi connectivity index (χ1) is 10.6. The van der Waals surface area contributed by atoms with Crippen LogP contribution in [0.1, 0.15) is 40.3 Å². The average molecular weight is 335 g/mol. The van der Waals surface area contributed by atoms with Crippen molar-refractivity contribution in [3.05, 3.63) is 42.2 Å². The molecule has 126 valence electrons. The lowest BCUT2D eigenvalue weighted by atomic mass is 9.92. The van der Waals surface area contributed by atoms with Gasteiger partial charge in [-0.15, -0.1) is 0 Å².